The van der Waals surface area contributed by atoms with E-state index in [2.05, 4.69) is 53.2 Å². The van der Waals surface area contributed by atoms with Gasteiger partial charge in [-0.3, -0.25) is 9.80 Å². The molecule has 0 bridgehead atoms. The van der Waals surface area contributed by atoms with E-state index in [1.54, 1.807) is 0 Å². The number of hydrogen-bond acceptors (Lipinski definition) is 4. The molecule has 1 aromatic carbocycles. The number of nitrogens with zero attached hydrogens (tertiary/aromatic N) is 2. The van der Waals surface area contributed by atoms with Gasteiger partial charge in [0.1, 0.15) is 5.75 Å². The number of piperazine rings is 1. The SMILES string of the molecule is CC(C)COc1cccc(CN2CCC(N3CCNCC3)C2)c1. The Bertz CT molecular complexity index is 485. The number of benzene rings is 1. The summed E-state index contributed by atoms with van der Waals surface area (Å²) in [7, 11) is 0. The highest BCUT2D eigenvalue weighted by molar-refractivity contribution is 5.28. The molecule has 2 fully saturated rings. The van der Waals surface area contributed by atoms with Gasteiger partial charge >= 0.3 is 0 Å². The molecule has 0 saturated carbocycles. The molecule has 2 saturated heterocycles. The van der Waals surface area contributed by atoms with Crippen LogP contribution in [0.15, 0.2) is 24.3 Å². The lowest BCUT2D eigenvalue weighted by molar-refractivity contribution is 0.170. The fourth-order valence-electron chi connectivity index (χ4n) is 3.56. The number of rotatable bonds is 6. The van der Waals surface area contributed by atoms with Crippen LogP contribution in [-0.4, -0.2) is 61.7 Å². The Morgan fingerprint density at radius 1 is 1.22 bits per heavy atom. The fourth-order valence-corrected chi connectivity index (χ4v) is 3.56. The molecule has 4 heteroatoms. The molecule has 4 nitrogen and oxygen atoms in total. The largest absolute Gasteiger partial charge is 0.493 e. The molecule has 1 aromatic rings. The first-order valence-corrected chi connectivity index (χ1v) is 9.09. The monoisotopic (exact) mass is 317 g/mol. The molecular formula is C19H31N3O. The van der Waals surface area contributed by atoms with Gasteiger partial charge in [-0.25, -0.2) is 0 Å². The summed E-state index contributed by atoms with van der Waals surface area (Å²) in [5.74, 6) is 1.58. The van der Waals surface area contributed by atoms with Crippen molar-refractivity contribution >= 4 is 0 Å². The second-order valence-corrected chi connectivity index (χ2v) is 7.32. The van der Waals surface area contributed by atoms with Gasteiger partial charge in [0.05, 0.1) is 6.61 Å². The van der Waals surface area contributed by atoms with E-state index in [0.717, 1.165) is 38.0 Å². The third-order valence-electron chi connectivity index (χ3n) is 4.80. The predicted molar refractivity (Wildman–Crippen MR) is 94.9 cm³/mol. The summed E-state index contributed by atoms with van der Waals surface area (Å²) in [6.45, 7) is 13.3. The van der Waals surface area contributed by atoms with Crippen LogP contribution in [0.2, 0.25) is 0 Å². The minimum atomic E-state index is 0.567. The van der Waals surface area contributed by atoms with Crippen molar-refractivity contribution in [2.24, 2.45) is 5.92 Å². The lowest BCUT2D eigenvalue weighted by atomic mass is 10.2. The van der Waals surface area contributed by atoms with Gasteiger partial charge in [-0.05, 0) is 30.0 Å². The van der Waals surface area contributed by atoms with Crippen molar-refractivity contribution in [1.82, 2.24) is 15.1 Å². The van der Waals surface area contributed by atoms with E-state index >= 15 is 0 Å². The van der Waals surface area contributed by atoms with Crippen molar-refractivity contribution in [2.45, 2.75) is 32.9 Å². The van der Waals surface area contributed by atoms with Crippen molar-refractivity contribution in [3.05, 3.63) is 29.8 Å². The van der Waals surface area contributed by atoms with E-state index in [1.165, 1.54) is 38.2 Å². The maximum atomic E-state index is 5.86. The Balaban J connectivity index is 1.50. The molecule has 23 heavy (non-hydrogen) atoms. The maximum Gasteiger partial charge on any atom is 0.119 e. The van der Waals surface area contributed by atoms with Crippen LogP contribution >= 0.6 is 0 Å². The van der Waals surface area contributed by atoms with Crippen LogP contribution in [-0.2, 0) is 6.54 Å². The van der Waals surface area contributed by atoms with Crippen molar-refractivity contribution < 1.29 is 4.74 Å². The zero-order chi connectivity index (χ0) is 16.1. The first kappa shape index (κ1) is 16.7. The first-order valence-electron chi connectivity index (χ1n) is 9.09. The summed E-state index contributed by atoms with van der Waals surface area (Å²) >= 11 is 0. The Hall–Kier alpha value is -1.10. The summed E-state index contributed by atoms with van der Waals surface area (Å²) in [4.78, 5) is 5.26. The Labute approximate surface area is 140 Å². The van der Waals surface area contributed by atoms with Gasteiger partial charge in [-0.1, -0.05) is 26.0 Å². The van der Waals surface area contributed by atoms with E-state index in [1.807, 2.05) is 0 Å². The summed E-state index contributed by atoms with van der Waals surface area (Å²) in [5, 5.41) is 3.45. The van der Waals surface area contributed by atoms with Crippen LogP contribution < -0.4 is 10.1 Å². The minimum Gasteiger partial charge on any atom is -0.493 e. The third-order valence-corrected chi connectivity index (χ3v) is 4.80. The fraction of sp³-hybridized carbons (Fsp3) is 0.684. The lowest BCUT2D eigenvalue weighted by Gasteiger charge is -2.32. The molecule has 0 spiro atoms. The van der Waals surface area contributed by atoms with Crippen LogP contribution in [0.25, 0.3) is 0 Å². The van der Waals surface area contributed by atoms with E-state index < -0.39 is 0 Å². The second kappa shape index (κ2) is 8.13. The van der Waals surface area contributed by atoms with E-state index in [4.69, 9.17) is 4.74 Å². The Morgan fingerprint density at radius 2 is 2.04 bits per heavy atom. The van der Waals surface area contributed by atoms with E-state index in [0.29, 0.717) is 5.92 Å². The quantitative estimate of drug-likeness (QED) is 0.870. The summed E-state index contributed by atoms with van der Waals surface area (Å²) in [6.07, 6.45) is 1.31. The molecule has 0 amide bonds. The zero-order valence-corrected chi connectivity index (χ0v) is 14.6. The maximum absolute atomic E-state index is 5.86. The molecule has 0 aromatic heterocycles. The van der Waals surface area contributed by atoms with Crippen LogP contribution in [0, 0.1) is 5.92 Å². The van der Waals surface area contributed by atoms with Crippen LogP contribution in [0.5, 0.6) is 5.75 Å². The third kappa shape index (κ3) is 4.93. The molecule has 1 N–H and O–H groups in total. The predicted octanol–water partition coefficient (Wildman–Crippen LogP) is 2.20. The summed E-state index contributed by atoms with van der Waals surface area (Å²) in [6, 6.07) is 9.37. The van der Waals surface area contributed by atoms with Crippen LogP contribution in [0.3, 0.4) is 0 Å². The highest BCUT2D eigenvalue weighted by Gasteiger charge is 2.28. The normalized spacial score (nSPS) is 23.5. The minimum absolute atomic E-state index is 0.567. The van der Waals surface area contributed by atoms with Gasteiger partial charge in [-0.15, -0.1) is 0 Å². The summed E-state index contributed by atoms with van der Waals surface area (Å²) in [5.41, 5.74) is 1.37. The standard InChI is InChI=1S/C19H31N3O/c1-16(2)15-23-19-5-3-4-17(12-19)13-21-9-6-18(14-21)22-10-7-20-8-11-22/h3-5,12,16,18,20H,6-11,13-15H2,1-2H3. The molecule has 0 radical (unpaired) electrons. The highest BCUT2D eigenvalue weighted by Crippen LogP contribution is 2.21. The number of ether oxygens (including phenoxy) is 1. The first-order chi connectivity index (χ1) is 11.2. The Morgan fingerprint density at radius 3 is 2.83 bits per heavy atom. The molecule has 2 heterocycles. The highest BCUT2D eigenvalue weighted by atomic mass is 16.5. The zero-order valence-electron chi connectivity index (χ0n) is 14.6. The summed E-state index contributed by atoms with van der Waals surface area (Å²) < 4.78 is 5.86. The van der Waals surface area contributed by atoms with Crippen LogP contribution in [0.1, 0.15) is 25.8 Å². The van der Waals surface area contributed by atoms with Gasteiger partial charge in [0.25, 0.3) is 0 Å². The van der Waals surface area contributed by atoms with Crippen molar-refractivity contribution in [3.63, 3.8) is 0 Å². The molecule has 0 aliphatic carbocycles. The average Bonchev–Trinajstić information content (AvgIpc) is 3.03. The van der Waals surface area contributed by atoms with Crippen molar-refractivity contribution in [1.29, 1.82) is 0 Å². The average molecular weight is 317 g/mol. The smallest absolute Gasteiger partial charge is 0.119 e. The number of hydrogen-bond donors (Lipinski definition) is 1. The molecule has 2 aliphatic heterocycles. The molecule has 128 valence electrons. The number of likely N-dealkylation sites (tertiary alicyclic amines) is 1. The van der Waals surface area contributed by atoms with Crippen LogP contribution in [0.4, 0.5) is 0 Å². The van der Waals surface area contributed by atoms with Crippen molar-refractivity contribution in [3.8, 4) is 5.75 Å². The topological polar surface area (TPSA) is 27.7 Å². The molecule has 1 unspecified atom stereocenters. The van der Waals surface area contributed by atoms with Gasteiger partial charge < -0.3 is 10.1 Å². The van der Waals surface area contributed by atoms with Crippen molar-refractivity contribution in [2.75, 3.05) is 45.9 Å². The molecule has 2 aliphatic rings. The van der Waals surface area contributed by atoms with Gasteiger partial charge in [-0.2, -0.15) is 0 Å². The molecule has 1 atom stereocenters. The van der Waals surface area contributed by atoms with Gasteiger partial charge in [0, 0.05) is 51.9 Å². The van der Waals surface area contributed by atoms with Gasteiger partial charge in [0.15, 0.2) is 0 Å². The van der Waals surface area contributed by atoms with E-state index in [-0.39, 0.29) is 0 Å². The molecular weight excluding hydrogens is 286 g/mol. The Kier molecular flexibility index (Phi) is 5.92. The second-order valence-electron chi connectivity index (χ2n) is 7.32. The van der Waals surface area contributed by atoms with E-state index in [9.17, 15) is 0 Å². The molecule has 3 rings (SSSR count). The number of nitrogens with one attached hydrogen (secondary N) is 1. The lowest BCUT2D eigenvalue weighted by Crippen LogP contribution is -2.49. The van der Waals surface area contributed by atoms with Gasteiger partial charge in [0.2, 0.25) is 0 Å².